The van der Waals surface area contributed by atoms with Crippen LogP contribution in [0.4, 0.5) is 0 Å². The number of hydrogen-bond acceptors (Lipinski definition) is 1. The Labute approximate surface area is 108 Å². The fraction of sp³-hybridized carbons (Fsp3) is 0.571. The molecule has 3 heterocycles. The van der Waals surface area contributed by atoms with Crippen molar-refractivity contribution in [1.82, 2.24) is 0 Å². The molecule has 0 amide bonds. The van der Waals surface area contributed by atoms with Crippen LogP contribution in [0.25, 0.3) is 0 Å². The molecule has 0 aliphatic carbocycles. The molecular weight excluding hydrogens is 248 g/mol. The van der Waals surface area contributed by atoms with Crippen LogP contribution >= 0.6 is 21.0 Å². The van der Waals surface area contributed by atoms with Gasteiger partial charge < -0.3 is 4.42 Å². The molecule has 0 fully saturated rings. The van der Waals surface area contributed by atoms with E-state index in [0.29, 0.717) is 21.0 Å². The highest BCUT2D eigenvalue weighted by Gasteiger charge is 2.10. The first kappa shape index (κ1) is 11.8. The van der Waals surface area contributed by atoms with E-state index < -0.39 is 0 Å². The summed E-state index contributed by atoms with van der Waals surface area (Å²) >= 11 is 0. The molecule has 1 aromatic heterocycles. The monoisotopic (exact) mass is 268 g/mol. The smallest absolute Gasteiger partial charge is 0.113 e. The second kappa shape index (κ2) is 5.57. The maximum absolute atomic E-state index is 5.98. The van der Waals surface area contributed by atoms with E-state index in [4.69, 9.17) is 4.42 Å². The van der Waals surface area contributed by atoms with E-state index >= 15 is 0 Å². The summed E-state index contributed by atoms with van der Waals surface area (Å²) in [5, 5.41) is 4.99. The SMILES string of the molecule is C1=S(Cc2ccc(CS3=CCCC3)o2)CCC1. The van der Waals surface area contributed by atoms with E-state index in [9.17, 15) is 0 Å². The molecule has 0 N–H and O–H groups in total. The lowest BCUT2D eigenvalue weighted by Crippen LogP contribution is -1.82. The summed E-state index contributed by atoms with van der Waals surface area (Å²) in [4.78, 5) is 0. The second-order valence-electron chi connectivity index (χ2n) is 4.76. The lowest BCUT2D eigenvalue weighted by atomic mass is 10.4. The van der Waals surface area contributed by atoms with Crippen LogP contribution in [0.15, 0.2) is 16.5 Å². The van der Waals surface area contributed by atoms with Gasteiger partial charge in [-0.05, 0) is 49.3 Å². The van der Waals surface area contributed by atoms with Gasteiger partial charge in [-0.15, -0.1) is 0 Å². The molecule has 0 saturated heterocycles. The Morgan fingerprint density at radius 1 is 0.882 bits per heavy atom. The summed E-state index contributed by atoms with van der Waals surface area (Å²) in [6.07, 6.45) is 5.40. The Hall–Kier alpha value is -0.280. The van der Waals surface area contributed by atoms with Gasteiger partial charge in [0.2, 0.25) is 0 Å². The average Bonchev–Trinajstić information content (AvgIpc) is 3.02. The maximum atomic E-state index is 5.98. The molecule has 3 heteroatoms. The molecule has 94 valence electrons. The van der Waals surface area contributed by atoms with Gasteiger partial charge in [0.15, 0.2) is 0 Å². The first-order chi connectivity index (χ1) is 8.40. The van der Waals surface area contributed by atoms with Gasteiger partial charge in [0.05, 0.1) is 0 Å². The van der Waals surface area contributed by atoms with Crippen molar-refractivity contribution >= 4 is 31.7 Å². The van der Waals surface area contributed by atoms with Gasteiger partial charge in [-0.1, -0.05) is 10.7 Å². The number of hydrogen-bond donors (Lipinski definition) is 0. The Bertz CT molecular complexity index is 416. The quantitative estimate of drug-likeness (QED) is 0.752. The first-order valence-corrected chi connectivity index (χ1v) is 9.72. The molecule has 0 saturated carbocycles. The van der Waals surface area contributed by atoms with E-state index in [0.717, 1.165) is 11.5 Å². The van der Waals surface area contributed by atoms with E-state index in [2.05, 4.69) is 22.9 Å². The van der Waals surface area contributed by atoms with Gasteiger partial charge >= 0.3 is 0 Å². The van der Waals surface area contributed by atoms with E-state index in [1.165, 1.54) is 48.7 Å². The predicted octanol–water partition coefficient (Wildman–Crippen LogP) is 4.01. The minimum atomic E-state index is 0.507. The highest BCUT2D eigenvalue weighted by atomic mass is 32.2. The van der Waals surface area contributed by atoms with Gasteiger partial charge in [-0.25, -0.2) is 0 Å². The van der Waals surface area contributed by atoms with Crippen LogP contribution in [-0.4, -0.2) is 22.2 Å². The highest BCUT2D eigenvalue weighted by Crippen LogP contribution is 2.30. The molecule has 2 unspecified atom stereocenters. The van der Waals surface area contributed by atoms with Crippen molar-refractivity contribution in [2.45, 2.75) is 37.2 Å². The van der Waals surface area contributed by atoms with Crippen LogP contribution < -0.4 is 0 Å². The molecule has 0 aromatic carbocycles. The Kier molecular flexibility index (Phi) is 3.87. The van der Waals surface area contributed by atoms with Crippen molar-refractivity contribution in [2.75, 3.05) is 11.5 Å². The average molecular weight is 268 g/mol. The van der Waals surface area contributed by atoms with Crippen molar-refractivity contribution < 1.29 is 4.42 Å². The summed E-state index contributed by atoms with van der Waals surface area (Å²) < 4.78 is 5.98. The van der Waals surface area contributed by atoms with E-state index in [1.807, 2.05) is 0 Å². The van der Waals surface area contributed by atoms with Crippen molar-refractivity contribution in [3.05, 3.63) is 23.7 Å². The van der Waals surface area contributed by atoms with Gasteiger partial charge in [0, 0.05) is 11.5 Å². The topological polar surface area (TPSA) is 13.1 Å². The predicted molar refractivity (Wildman–Crippen MR) is 81.6 cm³/mol. The molecule has 1 nitrogen and oxygen atoms in total. The maximum Gasteiger partial charge on any atom is 0.113 e. The third kappa shape index (κ3) is 3.14. The first-order valence-electron chi connectivity index (χ1n) is 6.47. The normalized spacial score (nSPS) is 28.0. The van der Waals surface area contributed by atoms with E-state index in [-0.39, 0.29) is 0 Å². The van der Waals surface area contributed by atoms with Gasteiger partial charge in [-0.2, -0.15) is 21.0 Å². The van der Waals surface area contributed by atoms with Gasteiger partial charge in [0.25, 0.3) is 0 Å². The van der Waals surface area contributed by atoms with Crippen LogP contribution in [0.3, 0.4) is 0 Å². The van der Waals surface area contributed by atoms with Gasteiger partial charge in [-0.3, -0.25) is 0 Å². The fourth-order valence-electron chi connectivity index (χ4n) is 2.41. The zero-order valence-electron chi connectivity index (χ0n) is 10.2. The molecule has 2 aliphatic heterocycles. The lowest BCUT2D eigenvalue weighted by Gasteiger charge is -2.02. The van der Waals surface area contributed by atoms with Crippen molar-refractivity contribution in [2.24, 2.45) is 0 Å². The Morgan fingerprint density at radius 3 is 1.82 bits per heavy atom. The van der Waals surface area contributed by atoms with Gasteiger partial charge in [0.1, 0.15) is 11.5 Å². The second-order valence-corrected chi connectivity index (χ2v) is 8.97. The zero-order valence-corrected chi connectivity index (χ0v) is 11.8. The third-order valence-corrected chi connectivity index (χ3v) is 7.65. The van der Waals surface area contributed by atoms with Crippen molar-refractivity contribution in [3.63, 3.8) is 0 Å². The summed E-state index contributed by atoms with van der Waals surface area (Å²) in [5.41, 5.74) is 0. The minimum absolute atomic E-state index is 0.507. The Morgan fingerprint density at radius 2 is 1.41 bits per heavy atom. The summed E-state index contributed by atoms with van der Waals surface area (Å²) in [6, 6.07) is 4.40. The summed E-state index contributed by atoms with van der Waals surface area (Å²) in [5.74, 6) is 7.49. The molecule has 2 aliphatic rings. The standard InChI is InChI=1S/C14H20OS2/c1-2-8-16(7-1)11-13-5-6-14(15-13)12-17-9-3-4-10-17/h5-7,9H,1-4,8,10-12H2. The third-order valence-electron chi connectivity index (χ3n) is 3.30. The zero-order chi connectivity index (χ0) is 11.5. The van der Waals surface area contributed by atoms with Crippen molar-refractivity contribution in [1.29, 1.82) is 0 Å². The molecule has 0 spiro atoms. The molecule has 17 heavy (non-hydrogen) atoms. The number of furan rings is 1. The summed E-state index contributed by atoms with van der Waals surface area (Å²) in [7, 11) is 1.01. The lowest BCUT2D eigenvalue weighted by molar-refractivity contribution is 0.498. The van der Waals surface area contributed by atoms with Crippen LogP contribution in [0.5, 0.6) is 0 Å². The highest BCUT2D eigenvalue weighted by molar-refractivity contribution is 8.14. The van der Waals surface area contributed by atoms with Crippen molar-refractivity contribution in [3.8, 4) is 0 Å². The van der Waals surface area contributed by atoms with Crippen LogP contribution in [0.1, 0.15) is 37.2 Å². The largest absolute Gasteiger partial charge is 0.464 e. The fourth-order valence-corrected chi connectivity index (χ4v) is 6.38. The summed E-state index contributed by atoms with van der Waals surface area (Å²) in [6.45, 7) is 0. The van der Waals surface area contributed by atoms with Crippen LogP contribution in [0.2, 0.25) is 0 Å². The molecule has 0 bridgehead atoms. The van der Waals surface area contributed by atoms with E-state index in [1.54, 1.807) is 0 Å². The molecular formula is C14H20OS2. The van der Waals surface area contributed by atoms with Crippen LogP contribution in [-0.2, 0) is 11.5 Å². The Balaban J connectivity index is 1.61. The number of rotatable bonds is 4. The molecule has 1 aromatic rings. The molecule has 2 atom stereocenters. The minimum Gasteiger partial charge on any atom is -0.464 e. The van der Waals surface area contributed by atoms with Crippen LogP contribution in [0, 0.1) is 0 Å². The molecule has 0 radical (unpaired) electrons. The molecule has 3 rings (SSSR count).